The average Bonchev–Trinajstić information content (AvgIpc) is 2.98. The largest absolute Gasteiger partial charge is 0.345 e. The fourth-order valence-corrected chi connectivity index (χ4v) is 3.74. The van der Waals surface area contributed by atoms with E-state index in [1.54, 1.807) is 6.92 Å². The summed E-state index contributed by atoms with van der Waals surface area (Å²) in [5.74, 6) is 0.160. The van der Waals surface area contributed by atoms with Crippen LogP contribution < -0.4 is 5.32 Å². The van der Waals surface area contributed by atoms with Crippen LogP contribution in [0.5, 0.6) is 0 Å². The normalized spacial score (nSPS) is 25.4. The number of rotatable bonds is 6. The number of likely N-dealkylation sites (tertiary alicyclic amines) is 2. The molecular weight excluding hydrogens is 278 g/mol. The lowest BCUT2D eigenvalue weighted by atomic mass is 10.0. The number of ketones is 1. The quantitative estimate of drug-likeness (QED) is 0.803. The third-order valence-electron chi connectivity index (χ3n) is 4.93. The van der Waals surface area contributed by atoms with Gasteiger partial charge in [-0.25, -0.2) is 0 Å². The van der Waals surface area contributed by atoms with Crippen molar-refractivity contribution in [3.8, 4) is 0 Å². The highest BCUT2D eigenvalue weighted by Gasteiger charge is 2.28. The Bertz CT molecular complexity index is 391. The summed E-state index contributed by atoms with van der Waals surface area (Å²) in [6, 6.07) is 0.254. The van der Waals surface area contributed by atoms with E-state index in [4.69, 9.17) is 0 Å². The molecule has 0 radical (unpaired) electrons. The molecule has 0 aliphatic carbocycles. The fourth-order valence-electron chi connectivity index (χ4n) is 3.74. The van der Waals surface area contributed by atoms with Crippen LogP contribution in [-0.2, 0) is 9.59 Å². The van der Waals surface area contributed by atoms with Crippen LogP contribution in [0.25, 0.3) is 0 Å². The minimum Gasteiger partial charge on any atom is -0.345 e. The Morgan fingerprint density at radius 2 is 1.82 bits per heavy atom. The molecule has 0 aromatic carbocycles. The van der Waals surface area contributed by atoms with Crippen LogP contribution in [0.1, 0.15) is 46.5 Å². The molecule has 1 N–H and O–H groups in total. The lowest BCUT2D eigenvalue weighted by Gasteiger charge is -2.37. The molecular formula is C17H31N3O2. The molecule has 0 bridgehead atoms. The topological polar surface area (TPSA) is 52.7 Å². The molecule has 1 amide bonds. The molecule has 0 unspecified atom stereocenters. The van der Waals surface area contributed by atoms with E-state index in [1.807, 2.05) is 13.8 Å². The van der Waals surface area contributed by atoms with E-state index in [1.165, 1.54) is 32.4 Å². The Hall–Kier alpha value is -0.940. The van der Waals surface area contributed by atoms with Crippen molar-refractivity contribution < 1.29 is 9.59 Å². The van der Waals surface area contributed by atoms with Gasteiger partial charge in [0.25, 0.3) is 0 Å². The van der Waals surface area contributed by atoms with Crippen molar-refractivity contribution in [2.75, 3.05) is 32.7 Å². The smallest absolute Gasteiger partial charge is 0.234 e. The summed E-state index contributed by atoms with van der Waals surface area (Å²) in [6.07, 6.45) is 5.03. The summed E-state index contributed by atoms with van der Waals surface area (Å²) in [4.78, 5) is 28.7. The Morgan fingerprint density at radius 3 is 2.41 bits per heavy atom. The van der Waals surface area contributed by atoms with E-state index in [0.29, 0.717) is 12.6 Å². The SMILES string of the molecule is CC(=O)[C@@H](NC(=O)CN1CCC[C@@H](N2CCCC2)C1)C(C)C. The third kappa shape index (κ3) is 4.78. The van der Waals surface area contributed by atoms with Crippen LogP contribution in [0.3, 0.4) is 0 Å². The van der Waals surface area contributed by atoms with Crippen molar-refractivity contribution >= 4 is 11.7 Å². The van der Waals surface area contributed by atoms with E-state index in [9.17, 15) is 9.59 Å². The zero-order valence-corrected chi connectivity index (χ0v) is 14.3. The van der Waals surface area contributed by atoms with Gasteiger partial charge in [-0.15, -0.1) is 0 Å². The first kappa shape index (κ1) is 17.4. The van der Waals surface area contributed by atoms with Crippen molar-refractivity contribution in [1.29, 1.82) is 0 Å². The second-order valence-corrected chi connectivity index (χ2v) is 7.17. The summed E-state index contributed by atoms with van der Waals surface area (Å²) in [6.45, 7) is 10.3. The van der Waals surface area contributed by atoms with Crippen LogP contribution in [0.15, 0.2) is 0 Å². The van der Waals surface area contributed by atoms with Gasteiger partial charge >= 0.3 is 0 Å². The molecule has 2 heterocycles. The molecule has 2 rings (SSSR count). The first-order valence-corrected chi connectivity index (χ1v) is 8.73. The molecule has 0 aromatic heterocycles. The molecule has 2 aliphatic heterocycles. The molecule has 0 spiro atoms. The maximum absolute atomic E-state index is 12.2. The monoisotopic (exact) mass is 309 g/mol. The average molecular weight is 309 g/mol. The Morgan fingerprint density at radius 1 is 1.14 bits per heavy atom. The minimum atomic E-state index is -0.355. The van der Waals surface area contributed by atoms with E-state index < -0.39 is 0 Å². The van der Waals surface area contributed by atoms with Crippen molar-refractivity contribution in [2.24, 2.45) is 5.92 Å². The summed E-state index contributed by atoms with van der Waals surface area (Å²) in [7, 11) is 0. The lowest BCUT2D eigenvalue weighted by Crippen LogP contribution is -2.52. The zero-order valence-electron chi connectivity index (χ0n) is 14.3. The summed E-state index contributed by atoms with van der Waals surface area (Å²) < 4.78 is 0. The highest BCUT2D eigenvalue weighted by atomic mass is 16.2. The van der Waals surface area contributed by atoms with Gasteiger partial charge in [-0.3, -0.25) is 19.4 Å². The molecule has 0 aromatic rings. The van der Waals surface area contributed by atoms with Gasteiger partial charge in [0.15, 0.2) is 5.78 Å². The van der Waals surface area contributed by atoms with Gasteiger partial charge in [0.2, 0.25) is 5.91 Å². The van der Waals surface area contributed by atoms with E-state index >= 15 is 0 Å². The van der Waals surface area contributed by atoms with Crippen LogP contribution in [0.2, 0.25) is 0 Å². The standard InChI is InChI=1S/C17H31N3O2/c1-13(2)17(14(3)21)18-16(22)12-19-8-6-7-15(11-19)20-9-4-5-10-20/h13,15,17H,4-12H2,1-3H3,(H,18,22)/t15-,17+/m1/s1. The highest BCUT2D eigenvalue weighted by Crippen LogP contribution is 2.20. The number of carbonyl (C=O) groups is 2. The van der Waals surface area contributed by atoms with Gasteiger partial charge in [-0.05, 0) is 58.2 Å². The molecule has 0 saturated carbocycles. The molecule has 2 aliphatic rings. The van der Waals surface area contributed by atoms with Crippen molar-refractivity contribution in [3.05, 3.63) is 0 Å². The van der Waals surface area contributed by atoms with Crippen LogP contribution >= 0.6 is 0 Å². The summed E-state index contributed by atoms with van der Waals surface area (Å²) >= 11 is 0. The maximum Gasteiger partial charge on any atom is 0.234 e. The molecule has 2 saturated heterocycles. The van der Waals surface area contributed by atoms with Gasteiger partial charge in [0.05, 0.1) is 12.6 Å². The number of nitrogens with one attached hydrogen (secondary N) is 1. The van der Waals surface area contributed by atoms with E-state index in [2.05, 4.69) is 15.1 Å². The van der Waals surface area contributed by atoms with Gasteiger partial charge in [-0.2, -0.15) is 0 Å². The number of carbonyl (C=O) groups excluding carboxylic acids is 2. The lowest BCUT2D eigenvalue weighted by molar-refractivity contribution is -0.128. The number of hydrogen-bond donors (Lipinski definition) is 1. The fraction of sp³-hybridized carbons (Fsp3) is 0.882. The van der Waals surface area contributed by atoms with Crippen molar-refractivity contribution in [2.45, 2.75) is 58.5 Å². The summed E-state index contributed by atoms with van der Waals surface area (Å²) in [5.41, 5.74) is 0. The molecule has 2 fully saturated rings. The van der Waals surface area contributed by atoms with Crippen LogP contribution in [0.4, 0.5) is 0 Å². The van der Waals surface area contributed by atoms with Gasteiger partial charge in [-0.1, -0.05) is 13.8 Å². The minimum absolute atomic E-state index is 0.0176. The first-order valence-electron chi connectivity index (χ1n) is 8.73. The Balaban J connectivity index is 1.81. The van der Waals surface area contributed by atoms with Gasteiger partial charge < -0.3 is 5.32 Å². The number of Topliss-reactive ketones (excluding diaryl/α,β-unsaturated/α-hetero) is 1. The van der Waals surface area contributed by atoms with Crippen LogP contribution in [-0.4, -0.2) is 66.3 Å². The second kappa shape index (κ2) is 8.06. The zero-order chi connectivity index (χ0) is 16.1. The molecule has 126 valence electrons. The summed E-state index contributed by atoms with van der Waals surface area (Å²) in [5, 5.41) is 2.90. The molecule has 2 atom stereocenters. The van der Waals surface area contributed by atoms with Crippen LogP contribution in [0, 0.1) is 5.92 Å². The van der Waals surface area contributed by atoms with E-state index in [-0.39, 0.29) is 23.7 Å². The highest BCUT2D eigenvalue weighted by molar-refractivity contribution is 5.88. The maximum atomic E-state index is 12.2. The molecule has 5 heteroatoms. The second-order valence-electron chi connectivity index (χ2n) is 7.17. The van der Waals surface area contributed by atoms with Crippen molar-refractivity contribution in [1.82, 2.24) is 15.1 Å². The van der Waals surface area contributed by atoms with Gasteiger partial charge in [0.1, 0.15) is 0 Å². The number of hydrogen-bond acceptors (Lipinski definition) is 4. The molecule has 22 heavy (non-hydrogen) atoms. The predicted octanol–water partition coefficient (Wildman–Crippen LogP) is 1.28. The predicted molar refractivity (Wildman–Crippen MR) is 87.7 cm³/mol. The number of amides is 1. The van der Waals surface area contributed by atoms with Gasteiger partial charge in [0, 0.05) is 12.6 Å². The number of piperidine rings is 1. The first-order chi connectivity index (χ1) is 10.5. The van der Waals surface area contributed by atoms with Crippen molar-refractivity contribution in [3.63, 3.8) is 0 Å². The van der Waals surface area contributed by atoms with E-state index in [0.717, 1.165) is 19.5 Å². The Kier molecular flexibility index (Phi) is 6.38. The number of nitrogens with zero attached hydrogens (tertiary/aromatic N) is 2. The third-order valence-corrected chi connectivity index (χ3v) is 4.93. The Labute approximate surface area is 134 Å². The molecule has 5 nitrogen and oxygen atoms in total.